The Labute approximate surface area is 200 Å². The van der Waals surface area contributed by atoms with E-state index in [0.29, 0.717) is 18.4 Å². The summed E-state index contributed by atoms with van der Waals surface area (Å²) in [5, 5.41) is 5.06. The number of halogens is 2. The smallest absolute Gasteiger partial charge is 0.391 e. The van der Waals surface area contributed by atoms with Gasteiger partial charge < -0.3 is 4.42 Å². The molecule has 11 heteroatoms. The Morgan fingerprint density at radius 3 is 2.46 bits per heavy atom. The van der Waals surface area contributed by atoms with Crippen molar-refractivity contribution in [1.29, 1.82) is 0 Å². The Balaban J connectivity index is 1.49. The third kappa shape index (κ3) is 3.92. The van der Waals surface area contributed by atoms with Gasteiger partial charge in [-0.3, -0.25) is 4.79 Å². The summed E-state index contributed by atoms with van der Waals surface area (Å²) in [6.07, 6.45) is 0.634. The predicted molar refractivity (Wildman–Crippen MR) is 121 cm³/mol. The minimum absolute atomic E-state index is 0.125. The molecule has 1 N–H and O–H groups in total. The lowest BCUT2D eigenvalue weighted by atomic mass is 9.63. The fourth-order valence-corrected chi connectivity index (χ4v) is 7.30. The van der Waals surface area contributed by atoms with Crippen molar-refractivity contribution in [2.75, 3.05) is 0 Å². The van der Waals surface area contributed by atoms with Crippen LogP contribution in [0.15, 0.2) is 51.7 Å². The summed E-state index contributed by atoms with van der Waals surface area (Å²) >= 11 is 0. The van der Waals surface area contributed by atoms with Gasteiger partial charge in [0, 0.05) is 36.6 Å². The summed E-state index contributed by atoms with van der Waals surface area (Å²) < 4.78 is 63.8. The number of hydrogen-bond acceptors (Lipinski definition) is 6. The summed E-state index contributed by atoms with van der Waals surface area (Å²) in [5.74, 6) is -2.91. The number of Topliss-reactive ketones (excluding diaryl/α,β-unsaturated/α-hetero) is 1. The first-order chi connectivity index (χ1) is 16.6. The van der Waals surface area contributed by atoms with Crippen molar-refractivity contribution in [3.63, 3.8) is 0 Å². The number of ketones is 1. The Kier molecular flexibility index (Phi) is 5.71. The Morgan fingerprint density at radius 2 is 1.83 bits per heavy atom. The summed E-state index contributed by atoms with van der Waals surface area (Å²) in [6, 6.07) is 10.3. The molecule has 3 aromatic rings. The number of nitrogens with one attached hydrogen (secondary N) is 1. The molecule has 1 aliphatic heterocycles. The quantitative estimate of drug-likeness (QED) is 0.571. The van der Waals surface area contributed by atoms with Gasteiger partial charge in [-0.1, -0.05) is 30.3 Å². The Hall–Kier alpha value is -3.18. The van der Waals surface area contributed by atoms with Crippen LogP contribution in [0.1, 0.15) is 60.4 Å². The van der Waals surface area contributed by atoms with Gasteiger partial charge in [0.1, 0.15) is 22.7 Å². The molecule has 0 bridgehead atoms. The Morgan fingerprint density at radius 1 is 1.11 bits per heavy atom. The van der Waals surface area contributed by atoms with Crippen LogP contribution >= 0.6 is 0 Å². The van der Waals surface area contributed by atoms with Crippen LogP contribution in [0.5, 0.6) is 0 Å². The molecule has 184 valence electrons. The highest BCUT2D eigenvalue weighted by atomic mass is 32.2. The maximum absolute atomic E-state index is 15.3. The number of sulfonamides is 1. The van der Waals surface area contributed by atoms with E-state index in [2.05, 4.69) is 10.2 Å². The number of hydrogen-bond donors (Lipinski definition) is 1. The van der Waals surface area contributed by atoms with E-state index >= 15 is 8.78 Å². The van der Waals surface area contributed by atoms with Crippen molar-refractivity contribution >= 4 is 15.8 Å². The highest BCUT2D eigenvalue weighted by Gasteiger charge is 2.52. The predicted octanol–water partition coefficient (Wildman–Crippen LogP) is 3.35. The molecule has 2 aliphatic rings. The monoisotopic (exact) mass is 503 g/mol. The van der Waals surface area contributed by atoms with Gasteiger partial charge in [0.2, 0.25) is 15.9 Å². The second kappa shape index (κ2) is 8.49. The highest BCUT2D eigenvalue weighted by Crippen LogP contribution is 2.47. The third-order valence-electron chi connectivity index (χ3n) is 7.02. The van der Waals surface area contributed by atoms with Crippen molar-refractivity contribution < 1.29 is 26.4 Å². The molecule has 1 saturated carbocycles. The van der Waals surface area contributed by atoms with Gasteiger partial charge in [-0.15, -0.1) is 5.10 Å². The zero-order valence-electron chi connectivity index (χ0n) is 18.8. The largest absolute Gasteiger partial charge is 0.434 e. The number of nitrogens with zero attached hydrogens (tertiary/aromatic N) is 2. The second-order valence-corrected chi connectivity index (χ2v) is 11.3. The van der Waals surface area contributed by atoms with Crippen LogP contribution < -0.4 is 5.76 Å². The van der Waals surface area contributed by atoms with Gasteiger partial charge in [0.15, 0.2) is 0 Å². The molecule has 1 aromatic heterocycles. The van der Waals surface area contributed by atoms with E-state index in [1.165, 1.54) is 4.31 Å². The summed E-state index contributed by atoms with van der Waals surface area (Å²) in [7, 11) is -3.84. The van der Waals surface area contributed by atoms with Crippen LogP contribution in [0, 0.1) is 11.6 Å². The number of carbonyl (C=O) groups is 1. The highest BCUT2D eigenvalue weighted by molar-refractivity contribution is 7.89. The number of rotatable bonds is 5. The number of aromatic amines is 1. The molecule has 2 atom stereocenters. The van der Waals surface area contributed by atoms with Gasteiger partial charge in [-0.25, -0.2) is 27.1 Å². The number of benzene rings is 2. The molecular formula is C24H23F2N3O5S. The lowest BCUT2D eigenvalue weighted by molar-refractivity contribution is -0.127. The van der Waals surface area contributed by atoms with Crippen LogP contribution in [-0.4, -0.2) is 34.7 Å². The van der Waals surface area contributed by atoms with Gasteiger partial charge in [-0.05, 0) is 37.5 Å². The van der Waals surface area contributed by atoms with E-state index in [1.54, 1.807) is 37.3 Å². The van der Waals surface area contributed by atoms with Gasteiger partial charge in [-0.2, -0.15) is 4.31 Å². The first-order valence-electron chi connectivity index (χ1n) is 11.2. The molecule has 8 nitrogen and oxygen atoms in total. The van der Waals surface area contributed by atoms with E-state index in [1.807, 2.05) is 0 Å². The van der Waals surface area contributed by atoms with Crippen LogP contribution in [0.25, 0.3) is 0 Å². The van der Waals surface area contributed by atoms with Gasteiger partial charge in [0.05, 0.1) is 5.41 Å². The lowest BCUT2D eigenvalue weighted by Crippen LogP contribution is -2.45. The van der Waals surface area contributed by atoms with Gasteiger partial charge >= 0.3 is 5.76 Å². The topological polar surface area (TPSA) is 113 Å². The fourth-order valence-electron chi connectivity index (χ4n) is 5.11. The molecule has 2 aromatic carbocycles. The molecule has 2 heterocycles. The van der Waals surface area contributed by atoms with Crippen LogP contribution in [0.3, 0.4) is 0 Å². The van der Waals surface area contributed by atoms with Gasteiger partial charge in [0.25, 0.3) is 0 Å². The molecule has 5 rings (SSSR count). The molecular weight excluding hydrogens is 480 g/mol. The van der Waals surface area contributed by atoms with E-state index in [9.17, 15) is 18.0 Å². The molecule has 1 aliphatic carbocycles. The number of aromatic nitrogens is 2. The normalized spacial score (nSPS) is 23.7. The average molecular weight is 504 g/mol. The first-order valence-corrected chi connectivity index (χ1v) is 12.7. The second-order valence-electron chi connectivity index (χ2n) is 9.23. The minimum Gasteiger partial charge on any atom is -0.391 e. The first kappa shape index (κ1) is 23.6. The Bertz CT molecular complexity index is 1440. The SMILES string of the molecule is C[C@H]1CC[C@H](c2ccccc2)S(=O)(=O)N1Cc1cc(F)c(C2(c3n[nH]c(=O)o3)CC(=O)C2)cc1F. The molecule has 2 fully saturated rings. The van der Waals surface area contributed by atoms with E-state index in [4.69, 9.17) is 4.42 Å². The summed E-state index contributed by atoms with van der Waals surface area (Å²) in [5.41, 5.74) is -1.02. The van der Waals surface area contributed by atoms with E-state index in [-0.39, 0.29) is 42.2 Å². The molecule has 0 radical (unpaired) electrons. The van der Waals surface area contributed by atoms with Crippen molar-refractivity contribution in [2.24, 2.45) is 0 Å². The summed E-state index contributed by atoms with van der Waals surface area (Å²) in [4.78, 5) is 23.2. The maximum Gasteiger partial charge on any atom is 0.434 e. The molecule has 0 spiro atoms. The zero-order valence-corrected chi connectivity index (χ0v) is 19.6. The van der Waals surface area contributed by atoms with E-state index in [0.717, 1.165) is 12.1 Å². The zero-order chi connectivity index (χ0) is 25.0. The van der Waals surface area contributed by atoms with Crippen LogP contribution in [-0.2, 0) is 26.8 Å². The molecule has 1 saturated heterocycles. The lowest BCUT2D eigenvalue weighted by Gasteiger charge is -2.39. The summed E-state index contributed by atoms with van der Waals surface area (Å²) in [6.45, 7) is 1.41. The maximum atomic E-state index is 15.3. The molecule has 0 unspecified atom stereocenters. The van der Waals surface area contributed by atoms with E-state index < -0.39 is 44.1 Å². The number of carbonyl (C=O) groups excluding carboxylic acids is 1. The van der Waals surface area contributed by atoms with Crippen LogP contribution in [0.2, 0.25) is 0 Å². The standard InChI is InChI=1S/C24H23F2N3O5S/c1-14-7-8-21(15-5-3-2-4-6-15)35(32,33)29(14)13-16-9-20(26)18(10-19(16)25)24(11-17(30)12-24)22-27-28-23(31)34-22/h2-6,9-10,14,21H,7-8,11-13H2,1H3,(H,28,31)/t14-,21+/m0/s1. The van der Waals surface area contributed by atoms with Crippen molar-refractivity contribution in [3.05, 3.63) is 87.2 Å². The molecule has 0 amide bonds. The minimum atomic E-state index is -3.84. The van der Waals surface area contributed by atoms with Crippen LogP contribution in [0.4, 0.5) is 8.78 Å². The van der Waals surface area contributed by atoms with Crippen molar-refractivity contribution in [2.45, 2.75) is 55.9 Å². The third-order valence-corrected chi connectivity index (χ3v) is 9.39. The average Bonchev–Trinajstić information content (AvgIpc) is 3.23. The number of H-pyrrole nitrogens is 1. The fraction of sp³-hybridized carbons (Fsp3) is 0.375. The molecule has 35 heavy (non-hydrogen) atoms. The van der Waals surface area contributed by atoms with Crippen molar-refractivity contribution in [3.8, 4) is 0 Å². The van der Waals surface area contributed by atoms with Crippen molar-refractivity contribution in [1.82, 2.24) is 14.5 Å².